The highest BCUT2D eigenvalue weighted by atomic mass is 16.5. The summed E-state index contributed by atoms with van der Waals surface area (Å²) >= 11 is 0. The Morgan fingerprint density at radius 2 is 2.07 bits per heavy atom. The van der Waals surface area contributed by atoms with Crippen molar-refractivity contribution in [2.45, 2.75) is 58.9 Å². The van der Waals surface area contributed by atoms with E-state index in [0.29, 0.717) is 35.7 Å². The third kappa shape index (κ3) is 4.39. The highest BCUT2D eigenvalue weighted by Gasteiger charge is 2.21. The number of aromatic nitrogens is 6. The average molecular weight is 415 g/mol. The van der Waals surface area contributed by atoms with Crippen LogP contribution in [0, 0.1) is 0 Å². The van der Waals surface area contributed by atoms with Crippen LogP contribution < -0.4 is 15.4 Å². The molecule has 4 heterocycles. The summed E-state index contributed by atoms with van der Waals surface area (Å²) in [6, 6.07) is 0.365. The molecule has 1 atom stereocenters. The average Bonchev–Trinajstić information content (AvgIpc) is 3.36. The number of nitrogens with one attached hydrogen (secondary N) is 2. The van der Waals surface area contributed by atoms with Crippen LogP contribution in [-0.4, -0.2) is 61.2 Å². The molecule has 10 nitrogen and oxygen atoms in total. The molecule has 0 bridgehead atoms. The summed E-state index contributed by atoms with van der Waals surface area (Å²) in [7, 11) is 0. The zero-order valence-corrected chi connectivity index (χ0v) is 18.0. The topological polar surface area (TPSA) is 103 Å². The van der Waals surface area contributed by atoms with E-state index in [1.54, 1.807) is 21.7 Å². The van der Waals surface area contributed by atoms with E-state index in [0.717, 1.165) is 31.5 Å². The molecule has 1 fully saturated rings. The van der Waals surface area contributed by atoms with E-state index in [2.05, 4.69) is 25.8 Å². The van der Waals surface area contributed by atoms with Crippen LogP contribution in [0.5, 0.6) is 5.75 Å². The predicted octanol–water partition coefficient (Wildman–Crippen LogP) is 2.49. The van der Waals surface area contributed by atoms with Gasteiger partial charge in [0.2, 0.25) is 11.6 Å². The van der Waals surface area contributed by atoms with Gasteiger partial charge in [0.15, 0.2) is 5.75 Å². The smallest absolute Gasteiger partial charge is 0.243 e. The number of hydrogen-bond donors (Lipinski definition) is 2. The van der Waals surface area contributed by atoms with Crippen molar-refractivity contribution in [3.05, 3.63) is 18.7 Å². The summed E-state index contributed by atoms with van der Waals surface area (Å²) in [5.41, 5.74) is 2.17. The van der Waals surface area contributed by atoms with E-state index in [-0.39, 0.29) is 12.3 Å². The van der Waals surface area contributed by atoms with E-state index >= 15 is 0 Å². The van der Waals surface area contributed by atoms with E-state index in [1.165, 1.54) is 0 Å². The highest BCUT2D eigenvalue weighted by Crippen LogP contribution is 2.32. The van der Waals surface area contributed by atoms with Crippen LogP contribution in [0.2, 0.25) is 0 Å². The second kappa shape index (κ2) is 8.97. The van der Waals surface area contributed by atoms with Crippen molar-refractivity contribution in [3.8, 4) is 17.0 Å². The molecular weight excluding hydrogens is 384 g/mol. The van der Waals surface area contributed by atoms with E-state index in [9.17, 15) is 0 Å². The fourth-order valence-corrected chi connectivity index (χ4v) is 3.57. The largest absolute Gasteiger partial charge is 0.485 e. The summed E-state index contributed by atoms with van der Waals surface area (Å²) in [5, 5.41) is 15.8. The molecule has 3 aromatic rings. The molecule has 10 heteroatoms. The summed E-state index contributed by atoms with van der Waals surface area (Å²) in [4.78, 5) is 9.33. The summed E-state index contributed by atoms with van der Waals surface area (Å²) < 4.78 is 15.2. The molecular formula is C20H30N8O2. The van der Waals surface area contributed by atoms with Gasteiger partial charge in [0.05, 0.1) is 12.3 Å². The lowest BCUT2D eigenvalue weighted by Crippen LogP contribution is -2.35. The zero-order valence-electron chi connectivity index (χ0n) is 18.0. The lowest BCUT2D eigenvalue weighted by Gasteiger charge is -2.22. The van der Waals surface area contributed by atoms with Crippen molar-refractivity contribution in [2.75, 3.05) is 25.0 Å². The van der Waals surface area contributed by atoms with Crippen LogP contribution in [0.3, 0.4) is 0 Å². The van der Waals surface area contributed by atoms with Gasteiger partial charge in [-0.2, -0.15) is 14.6 Å². The van der Waals surface area contributed by atoms with Crippen LogP contribution in [0.1, 0.15) is 46.8 Å². The number of piperidine rings is 1. The molecule has 1 aliphatic heterocycles. The molecule has 0 radical (unpaired) electrons. The molecule has 30 heavy (non-hydrogen) atoms. The zero-order chi connectivity index (χ0) is 21.1. The second-order valence-electron chi connectivity index (χ2n) is 7.72. The van der Waals surface area contributed by atoms with Crippen molar-refractivity contribution in [1.82, 2.24) is 34.7 Å². The Balaban J connectivity index is 1.68. The number of fused-ring (bicyclic) bond motifs is 1. The van der Waals surface area contributed by atoms with E-state index in [1.807, 2.05) is 33.9 Å². The molecule has 4 rings (SSSR count). The highest BCUT2D eigenvalue weighted by molar-refractivity contribution is 5.74. The van der Waals surface area contributed by atoms with E-state index < -0.39 is 0 Å². The van der Waals surface area contributed by atoms with Gasteiger partial charge in [-0.3, -0.25) is 0 Å². The first kappa shape index (κ1) is 20.5. The van der Waals surface area contributed by atoms with Crippen molar-refractivity contribution >= 4 is 11.6 Å². The molecule has 0 spiro atoms. The van der Waals surface area contributed by atoms with Gasteiger partial charge >= 0.3 is 0 Å². The normalized spacial score (nSPS) is 16.3. The van der Waals surface area contributed by atoms with Crippen molar-refractivity contribution in [3.63, 3.8) is 0 Å². The Bertz CT molecular complexity index is 977. The maximum atomic E-state index is 6.14. The van der Waals surface area contributed by atoms with Crippen LogP contribution in [0.25, 0.3) is 16.9 Å². The molecule has 2 N–H and O–H groups in total. The molecule has 0 aliphatic carbocycles. The molecule has 162 valence electrons. The molecule has 0 amide bonds. The number of nitrogens with zero attached hydrogens (tertiary/aromatic N) is 6. The minimum absolute atomic E-state index is 0.0355. The van der Waals surface area contributed by atoms with Gasteiger partial charge in [-0.15, -0.1) is 5.10 Å². The van der Waals surface area contributed by atoms with Crippen LogP contribution >= 0.6 is 0 Å². The van der Waals surface area contributed by atoms with Crippen molar-refractivity contribution in [1.29, 1.82) is 0 Å². The standard InChI is InChI=1S/C20H30N8O2/c1-5-29-14(4)27-11-15(10-23-27)17-18(30-13(2)3)19-25-20(26-28(19)12-22-17)24-16-6-8-21-9-7-16/h10-14,16,21H,5-9H2,1-4H3,(H,24,26). The van der Waals surface area contributed by atoms with Crippen molar-refractivity contribution in [2.24, 2.45) is 0 Å². The SMILES string of the molecule is CCOC(C)n1cc(-c2ncn3nc(NC4CCNCC4)nc3c2OC(C)C)cn1. The Morgan fingerprint density at radius 1 is 1.27 bits per heavy atom. The van der Waals surface area contributed by atoms with E-state index in [4.69, 9.17) is 14.5 Å². The van der Waals surface area contributed by atoms with Crippen LogP contribution in [0.15, 0.2) is 18.7 Å². The van der Waals surface area contributed by atoms with Gasteiger partial charge in [-0.25, -0.2) is 9.67 Å². The first-order chi connectivity index (χ1) is 14.5. The second-order valence-corrected chi connectivity index (χ2v) is 7.72. The maximum Gasteiger partial charge on any atom is 0.243 e. The Kier molecular flexibility index (Phi) is 6.14. The molecule has 1 saturated heterocycles. The fourth-order valence-electron chi connectivity index (χ4n) is 3.57. The number of ether oxygens (including phenoxy) is 2. The van der Waals surface area contributed by atoms with Gasteiger partial charge in [0, 0.05) is 24.4 Å². The summed E-state index contributed by atoms with van der Waals surface area (Å²) in [6.07, 6.45) is 7.25. The number of hydrogen-bond acceptors (Lipinski definition) is 8. The maximum absolute atomic E-state index is 6.14. The van der Waals surface area contributed by atoms with Gasteiger partial charge in [-0.05, 0) is 53.6 Å². The Morgan fingerprint density at radius 3 is 2.80 bits per heavy atom. The number of rotatable bonds is 8. The Hall–Kier alpha value is -2.72. The summed E-state index contributed by atoms with van der Waals surface area (Å²) in [5.74, 6) is 1.19. The first-order valence-corrected chi connectivity index (χ1v) is 10.6. The predicted molar refractivity (Wildman–Crippen MR) is 114 cm³/mol. The molecule has 1 aliphatic rings. The minimum Gasteiger partial charge on any atom is -0.485 e. The van der Waals surface area contributed by atoms with Gasteiger partial charge in [-0.1, -0.05) is 0 Å². The lowest BCUT2D eigenvalue weighted by atomic mass is 10.1. The monoisotopic (exact) mass is 414 g/mol. The van der Waals surface area contributed by atoms with Crippen LogP contribution in [-0.2, 0) is 4.74 Å². The van der Waals surface area contributed by atoms with Crippen molar-refractivity contribution < 1.29 is 9.47 Å². The molecule has 0 aromatic carbocycles. The lowest BCUT2D eigenvalue weighted by molar-refractivity contribution is 0.0160. The fraction of sp³-hybridized carbons (Fsp3) is 0.600. The quantitative estimate of drug-likeness (QED) is 0.579. The molecule has 0 saturated carbocycles. The van der Waals surface area contributed by atoms with Gasteiger partial charge < -0.3 is 20.1 Å². The first-order valence-electron chi connectivity index (χ1n) is 10.6. The third-order valence-corrected chi connectivity index (χ3v) is 5.03. The van der Waals surface area contributed by atoms with Gasteiger partial charge in [0.25, 0.3) is 0 Å². The minimum atomic E-state index is -0.157. The number of anilines is 1. The summed E-state index contributed by atoms with van der Waals surface area (Å²) in [6.45, 7) is 10.5. The van der Waals surface area contributed by atoms with Crippen LogP contribution in [0.4, 0.5) is 5.95 Å². The Labute approximate surface area is 176 Å². The van der Waals surface area contributed by atoms with Gasteiger partial charge in [0.1, 0.15) is 18.2 Å². The molecule has 3 aromatic heterocycles. The molecule has 1 unspecified atom stereocenters. The third-order valence-electron chi connectivity index (χ3n) is 5.03.